The molecule has 0 unspecified atom stereocenters. The Morgan fingerprint density at radius 3 is 2.72 bits per heavy atom. The van der Waals surface area contributed by atoms with Gasteiger partial charge in [-0.3, -0.25) is 4.79 Å². The molecule has 0 spiro atoms. The number of nitrogens with zero attached hydrogens (tertiary/aromatic N) is 4. The summed E-state index contributed by atoms with van der Waals surface area (Å²) in [7, 11) is 3.11. The molecule has 1 N–H and O–H groups in total. The summed E-state index contributed by atoms with van der Waals surface area (Å²) in [6.07, 6.45) is 7.56. The molecule has 4 rings (SSSR count). The number of nitrogens with one attached hydrogen (secondary N) is 1. The van der Waals surface area contributed by atoms with Crippen LogP contribution in [0, 0.1) is 5.92 Å². The number of rotatable bonds is 6. The fraction of sp³-hybridized carbons (Fsp3) is 0.429. The van der Waals surface area contributed by atoms with E-state index in [9.17, 15) is 4.79 Å². The molecule has 0 saturated heterocycles. The first-order valence-electron chi connectivity index (χ1n) is 9.85. The summed E-state index contributed by atoms with van der Waals surface area (Å²) < 4.78 is 12.5. The van der Waals surface area contributed by atoms with Crippen LogP contribution in [0.5, 0.6) is 11.5 Å². The topological polar surface area (TPSA) is 90.6 Å². The highest BCUT2D eigenvalue weighted by Crippen LogP contribution is 2.35. The number of methoxy groups -OCH3 is 2. The van der Waals surface area contributed by atoms with Gasteiger partial charge in [0.1, 0.15) is 6.33 Å². The predicted octanol–water partition coefficient (Wildman–Crippen LogP) is 2.85. The van der Waals surface area contributed by atoms with Gasteiger partial charge in [-0.25, -0.2) is 9.50 Å². The maximum Gasteiger partial charge on any atom is 0.255 e. The molecule has 2 heterocycles. The molecule has 2 aromatic heterocycles. The summed E-state index contributed by atoms with van der Waals surface area (Å²) >= 11 is 0. The Kier molecular flexibility index (Phi) is 5.59. The molecule has 1 fully saturated rings. The number of carbonyl (C=O) groups is 1. The number of aromatic nitrogens is 4. The van der Waals surface area contributed by atoms with Gasteiger partial charge in [0.25, 0.3) is 11.7 Å². The van der Waals surface area contributed by atoms with E-state index in [1.54, 1.807) is 44.9 Å². The van der Waals surface area contributed by atoms with Crippen LogP contribution in [0.1, 0.15) is 47.7 Å². The van der Waals surface area contributed by atoms with E-state index in [0.717, 1.165) is 31.4 Å². The zero-order valence-electron chi connectivity index (χ0n) is 16.7. The van der Waals surface area contributed by atoms with Gasteiger partial charge < -0.3 is 14.8 Å². The minimum absolute atomic E-state index is 0.138. The smallest absolute Gasteiger partial charge is 0.255 e. The molecular weight excluding hydrogens is 370 g/mol. The molecule has 0 radical (unpaired) electrons. The number of benzene rings is 1. The molecule has 29 heavy (non-hydrogen) atoms. The Morgan fingerprint density at radius 1 is 1.14 bits per heavy atom. The Hall–Kier alpha value is -3.16. The number of amides is 1. The molecule has 0 aliphatic heterocycles. The molecule has 8 nitrogen and oxygen atoms in total. The zero-order valence-corrected chi connectivity index (χ0v) is 16.7. The van der Waals surface area contributed by atoms with E-state index in [2.05, 4.69) is 20.4 Å². The zero-order chi connectivity index (χ0) is 20.2. The molecule has 1 aliphatic rings. The molecule has 152 valence electrons. The molecule has 0 bridgehead atoms. The van der Waals surface area contributed by atoms with Crippen LogP contribution >= 0.6 is 0 Å². The highest BCUT2D eigenvalue weighted by atomic mass is 16.5. The minimum Gasteiger partial charge on any atom is -0.493 e. The molecule has 1 aliphatic carbocycles. The third kappa shape index (κ3) is 3.87. The Labute approximate surface area is 169 Å². The molecule has 3 aromatic rings. The predicted molar refractivity (Wildman–Crippen MR) is 107 cm³/mol. The van der Waals surface area contributed by atoms with Gasteiger partial charge in [-0.15, -0.1) is 0 Å². The number of carbonyl (C=O) groups excluding carboxylic acids is 1. The van der Waals surface area contributed by atoms with Crippen LogP contribution in [0.3, 0.4) is 0 Å². The number of hydrogen-bond acceptors (Lipinski definition) is 6. The second-order valence-corrected chi connectivity index (χ2v) is 7.31. The fourth-order valence-corrected chi connectivity index (χ4v) is 4.13. The van der Waals surface area contributed by atoms with E-state index in [1.165, 1.54) is 0 Å². The Balaban J connectivity index is 1.35. The van der Waals surface area contributed by atoms with Crippen LogP contribution in [0.4, 0.5) is 0 Å². The SMILES string of the molecule is COc1cccc(C(=O)NCC2CCC(c3ccnc4ncnn34)CC2)c1OC. The van der Waals surface area contributed by atoms with Crippen molar-refractivity contribution in [3.63, 3.8) is 0 Å². The Bertz CT molecular complexity index is 995. The van der Waals surface area contributed by atoms with E-state index in [4.69, 9.17) is 9.47 Å². The van der Waals surface area contributed by atoms with Gasteiger partial charge in [0, 0.05) is 18.7 Å². The summed E-state index contributed by atoms with van der Waals surface area (Å²) in [5, 5.41) is 7.36. The molecule has 1 aromatic carbocycles. The average molecular weight is 395 g/mol. The van der Waals surface area contributed by atoms with Gasteiger partial charge in [0.15, 0.2) is 11.5 Å². The van der Waals surface area contributed by atoms with E-state index < -0.39 is 0 Å². The maximum absolute atomic E-state index is 12.7. The second-order valence-electron chi connectivity index (χ2n) is 7.31. The first-order chi connectivity index (χ1) is 14.2. The number of ether oxygens (including phenoxy) is 2. The van der Waals surface area contributed by atoms with Crippen LogP contribution in [0.15, 0.2) is 36.8 Å². The van der Waals surface area contributed by atoms with Gasteiger partial charge in [-0.2, -0.15) is 10.1 Å². The monoisotopic (exact) mass is 395 g/mol. The van der Waals surface area contributed by atoms with Gasteiger partial charge in [-0.1, -0.05) is 6.07 Å². The van der Waals surface area contributed by atoms with Crippen molar-refractivity contribution in [2.75, 3.05) is 20.8 Å². The molecule has 1 saturated carbocycles. The second kappa shape index (κ2) is 8.46. The quantitative estimate of drug-likeness (QED) is 0.690. The summed E-state index contributed by atoms with van der Waals surface area (Å²) in [4.78, 5) is 21.1. The van der Waals surface area contributed by atoms with Crippen molar-refractivity contribution in [3.05, 3.63) is 48.0 Å². The van der Waals surface area contributed by atoms with E-state index in [0.29, 0.717) is 41.2 Å². The van der Waals surface area contributed by atoms with Crippen LogP contribution in [-0.4, -0.2) is 46.3 Å². The normalized spacial score (nSPS) is 19.1. The van der Waals surface area contributed by atoms with Crippen LogP contribution in [0.2, 0.25) is 0 Å². The first kappa shape index (κ1) is 19.2. The maximum atomic E-state index is 12.7. The van der Waals surface area contributed by atoms with E-state index in [1.807, 2.05) is 10.6 Å². The summed E-state index contributed by atoms with van der Waals surface area (Å²) in [6.45, 7) is 0.654. The van der Waals surface area contributed by atoms with Crippen molar-refractivity contribution >= 4 is 11.7 Å². The number of para-hydroxylation sites is 1. The molecule has 0 atom stereocenters. The lowest BCUT2D eigenvalue weighted by atomic mass is 9.80. The first-order valence-corrected chi connectivity index (χ1v) is 9.85. The van der Waals surface area contributed by atoms with Gasteiger partial charge >= 0.3 is 0 Å². The lowest BCUT2D eigenvalue weighted by molar-refractivity contribution is 0.0939. The largest absolute Gasteiger partial charge is 0.493 e. The highest BCUT2D eigenvalue weighted by molar-refractivity contribution is 5.97. The third-order valence-electron chi connectivity index (χ3n) is 5.67. The van der Waals surface area contributed by atoms with Crippen LogP contribution in [-0.2, 0) is 0 Å². The van der Waals surface area contributed by atoms with Gasteiger partial charge in [-0.05, 0) is 49.8 Å². The van der Waals surface area contributed by atoms with Gasteiger partial charge in [0.2, 0.25) is 0 Å². The lowest BCUT2D eigenvalue weighted by Gasteiger charge is -2.28. The third-order valence-corrected chi connectivity index (χ3v) is 5.67. The highest BCUT2D eigenvalue weighted by Gasteiger charge is 2.25. The van der Waals surface area contributed by atoms with Crippen molar-refractivity contribution in [2.24, 2.45) is 5.92 Å². The van der Waals surface area contributed by atoms with Crippen LogP contribution < -0.4 is 14.8 Å². The van der Waals surface area contributed by atoms with E-state index >= 15 is 0 Å². The lowest BCUT2D eigenvalue weighted by Crippen LogP contribution is -2.31. The summed E-state index contributed by atoms with van der Waals surface area (Å²) in [5.74, 6) is 2.42. The Morgan fingerprint density at radius 2 is 1.97 bits per heavy atom. The fourth-order valence-electron chi connectivity index (χ4n) is 4.13. The number of fused-ring (bicyclic) bond motifs is 1. The molecule has 1 amide bonds. The van der Waals surface area contributed by atoms with Crippen molar-refractivity contribution in [1.82, 2.24) is 24.9 Å². The summed E-state index contributed by atoms with van der Waals surface area (Å²) in [6, 6.07) is 7.35. The minimum atomic E-state index is -0.138. The van der Waals surface area contributed by atoms with Crippen molar-refractivity contribution in [3.8, 4) is 11.5 Å². The molecular formula is C21H25N5O3. The van der Waals surface area contributed by atoms with Gasteiger partial charge in [0.05, 0.1) is 25.5 Å². The summed E-state index contributed by atoms with van der Waals surface area (Å²) in [5.41, 5.74) is 1.65. The standard InChI is InChI=1S/C21H25N5O3/c1-28-18-5-3-4-16(19(18)29-2)20(27)23-12-14-6-8-15(9-7-14)17-10-11-22-21-24-13-25-26(17)21/h3-5,10-11,13-15H,6-9,12H2,1-2H3,(H,23,27). The average Bonchev–Trinajstić information content (AvgIpc) is 3.26. The van der Waals surface area contributed by atoms with E-state index in [-0.39, 0.29) is 5.91 Å². The molecule has 8 heteroatoms. The van der Waals surface area contributed by atoms with Crippen molar-refractivity contribution in [1.29, 1.82) is 0 Å². The number of hydrogen-bond donors (Lipinski definition) is 1. The van der Waals surface area contributed by atoms with Crippen LogP contribution in [0.25, 0.3) is 5.78 Å². The van der Waals surface area contributed by atoms with Crippen molar-refractivity contribution in [2.45, 2.75) is 31.6 Å². The van der Waals surface area contributed by atoms with Crippen molar-refractivity contribution < 1.29 is 14.3 Å².